The number of para-hydroxylation sites is 2. The maximum absolute atomic E-state index is 12.9. The van der Waals surface area contributed by atoms with Crippen LogP contribution < -0.4 is 15.7 Å². The van der Waals surface area contributed by atoms with Crippen LogP contribution in [0.25, 0.3) is 37.6 Å². The monoisotopic (exact) mass is 390 g/mol. The van der Waals surface area contributed by atoms with Gasteiger partial charge in [-0.05, 0) is 24.3 Å². The van der Waals surface area contributed by atoms with Gasteiger partial charge in [0.25, 0.3) is 5.56 Å². The summed E-state index contributed by atoms with van der Waals surface area (Å²) in [6.45, 7) is 0. The predicted octanol–water partition coefficient (Wildman–Crippen LogP) is 3.29. The van der Waals surface area contributed by atoms with Gasteiger partial charge in [-0.3, -0.25) is 14.7 Å². The van der Waals surface area contributed by atoms with Crippen LogP contribution in [0.4, 0.5) is 0 Å². The van der Waals surface area contributed by atoms with Crippen molar-refractivity contribution in [2.45, 2.75) is 0 Å². The van der Waals surface area contributed by atoms with Crippen LogP contribution in [0.2, 0.25) is 0 Å². The zero-order valence-corrected chi connectivity index (χ0v) is 15.5. The Morgan fingerprint density at radius 2 is 1.86 bits per heavy atom. The standard InChI is InChI=1S/C20H14N4O3S/c1-27-15-8-4-2-6-11(15)13-10-14(25)17-18(21-13)23-24(19(17)26)20-22-12-7-3-5-9-16(12)28-20/h2-10H,1H3,(H2,21,23,25). The van der Waals surface area contributed by atoms with Crippen molar-refractivity contribution < 1.29 is 4.74 Å². The van der Waals surface area contributed by atoms with E-state index in [1.165, 1.54) is 22.1 Å². The number of aromatic amines is 2. The number of methoxy groups -OCH3 is 1. The van der Waals surface area contributed by atoms with Crippen molar-refractivity contribution in [3.05, 3.63) is 75.2 Å². The van der Waals surface area contributed by atoms with Crippen LogP contribution in [0, 0.1) is 0 Å². The number of benzene rings is 2. The van der Waals surface area contributed by atoms with Gasteiger partial charge in [0, 0.05) is 11.6 Å². The minimum Gasteiger partial charge on any atom is -0.496 e. The van der Waals surface area contributed by atoms with E-state index in [0.717, 1.165) is 15.8 Å². The third-order valence-electron chi connectivity index (χ3n) is 4.54. The topological polar surface area (TPSA) is 92.8 Å². The van der Waals surface area contributed by atoms with E-state index in [1.807, 2.05) is 48.5 Å². The molecule has 3 aromatic heterocycles. The first-order chi connectivity index (χ1) is 13.7. The Kier molecular flexibility index (Phi) is 3.66. The number of H-pyrrole nitrogens is 2. The largest absolute Gasteiger partial charge is 0.496 e. The first-order valence-corrected chi connectivity index (χ1v) is 9.35. The SMILES string of the molecule is COc1ccccc1-c1cc(=O)c2c(=O)n(-c3nc4ccccc4s3)[nH]c2[nH]1. The molecule has 0 aliphatic heterocycles. The van der Waals surface area contributed by atoms with Crippen molar-refractivity contribution in [2.24, 2.45) is 0 Å². The molecule has 0 aliphatic rings. The lowest BCUT2D eigenvalue weighted by Gasteiger charge is -2.07. The Morgan fingerprint density at radius 3 is 2.68 bits per heavy atom. The molecule has 0 radical (unpaired) electrons. The molecule has 0 unspecified atom stereocenters. The third-order valence-corrected chi connectivity index (χ3v) is 5.56. The van der Waals surface area contributed by atoms with Crippen LogP contribution in [0.1, 0.15) is 0 Å². The summed E-state index contributed by atoms with van der Waals surface area (Å²) in [6.07, 6.45) is 0. The van der Waals surface area contributed by atoms with Gasteiger partial charge >= 0.3 is 0 Å². The maximum Gasteiger partial charge on any atom is 0.286 e. The number of nitrogens with zero attached hydrogens (tertiary/aromatic N) is 2. The molecule has 28 heavy (non-hydrogen) atoms. The van der Waals surface area contributed by atoms with E-state index in [9.17, 15) is 9.59 Å². The van der Waals surface area contributed by atoms with Gasteiger partial charge in [0.15, 0.2) is 5.43 Å². The third kappa shape index (κ3) is 2.46. The Balaban J connectivity index is 1.74. The van der Waals surface area contributed by atoms with Gasteiger partial charge < -0.3 is 9.72 Å². The Bertz CT molecular complexity index is 1420. The number of ether oxygens (including phenoxy) is 1. The fourth-order valence-corrected chi connectivity index (χ4v) is 4.16. The lowest BCUT2D eigenvalue weighted by molar-refractivity contribution is 0.416. The Labute approximate surface area is 161 Å². The number of thiazole rings is 1. The molecule has 0 spiro atoms. The zero-order chi connectivity index (χ0) is 19.3. The van der Waals surface area contributed by atoms with Crippen LogP contribution in [0.15, 0.2) is 64.2 Å². The van der Waals surface area contributed by atoms with Crippen LogP contribution in [0.5, 0.6) is 5.75 Å². The van der Waals surface area contributed by atoms with Crippen molar-refractivity contribution in [1.29, 1.82) is 0 Å². The van der Waals surface area contributed by atoms with Gasteiger partial charge in [-0.1, -0.05) is 35.6 Å². The minimum atomic E-state index is -0.429. The zero-order valence-electron chi connectivity index (χ0n) is 14.7. The highest BCUT2D eigenvalue weighted by atomic mass is 32.1. The van der Waals surface area contributed by atoms with Crippen molar-refractivity contribution in [2.75, 3.05) is 7.11 Å². The molecule has 0 fully saturated rings. The molecule has 8 heteroatoms. The van der Waals surface area contributed by atoms with Gasteiger partial charge in [0.1, 0.15) is 16.8 Å². The Morgan fingerprint density at radius 1 is 1.07 bits per heavy atom. The number of rotatable bonds is 3. The second-order valence-corrected chi connectivity index (χ2v) is 7.22. The highest BCUT2D eigenvalue weighted by Crippen LogP contribution is 2.28. The van der Waals surface area contributed by atoms with Gasteiger partial charge in [-0.2, -0.15) is 4.68 Å². The molecule has 138 valence electrons. The van der Waals surface area contributed by atoms with Crippen molar-refractivity contribution in [3.63, 3.8) is 0 Å². The summed E-state index contributed by atoms with van der Waals surface area (Å²) in [5.41, 5.74) is 1.65. The summed E-state index contributed by atoms with van der Waals surface area (Å²) >= 11 is 1.38. The number of fused-ring (bicyclic) bond motifs is 2. The van der Waals surface area contributed by atoms with Crippen LogP contribution in [-0.4, -0.2) is 26.9 Å². The number of pyridine rings is 1. The Hall–Kier alpha value is -3.65. The predicted molar refractivity (Wildman–Crippen MR) is 110 cm³/mol. The van der Waals surface area contributed by atoms with Crippen LogP contribution in [-0.2, 0) is 0 Å². The van der Waals surface area contributed by atoms with Crippen molar-refractivity contribution >= 4 is 32.6 Å². The summed E-state index contributed by atoms with van der Waals surface area (Å²) in [4.78, 5) is 33.2. The molecule has 2 N–H and O–H groups in total. The molecule has 3 heterocycles. The lowest BCUT2D eigenvalue weighted by atomic mass is 10.1. The summed E-state index contributed by atoms with van der Waals surface area (Å²) in [5, 5.41) is 3.53. The molecule has 0 saturated carbocycles. The summed E-state index contributed by atoms with van der Waals surface area (Å²) < 4.78 is 7.64. The first-order valence-electron chi connectivity index (χ1n) is 8.53. The molecule has 0 amide bonds. The molecule has 7 nitrogen and oxygen atoms in total. The molecule has 0 bridgehead atoms. The van der Waals surface area contributed by atoms with Gasteiger partial charge in [0.05, 0.1) is 23.0 Å². The van der Waals surface area contributed by atoms with Crippen LogP contribution >= 0.6 is 11.3 Å². The number of hydrogen-bond donors (Lipinski definition) is 2. The highest BCUT2D eigenvalue weighted by Gasteiger charge is 2.17. The maximum atomic E-state index is 12.9. The molecule has 0 atom stereocenters. The summed E-state index contributed by atoms with van der Waals surface area (Å²) in [6, 6.07) is 16.4. The fourth-order valence-electron chi connectivity index (χ4n) is 3.23. The second-order valence-electron chi connectivity index (χ2n) is 6.21. The van der Waals surface area contributed by atoms with Gasteiger partial charge in [0.2, 0.25) is 5.13 Å². The van der Waals surface area contributed by atoms with E-state index in [-0.39, 0.29) is 10.8 Å². The highest BCUT2D eigenvalue weighted by molar-refractivity contribution is 7.20. The van der Waals surface area contributed by atoms with E-state index >= 15 is 0 Å². The number of aromatic nitrogens is 4. The molecule has 0 aliphatic carbocycles. The van der Waals surface area contributed by atoms with E-state index in [4.69, 9.17) is 4.74 Å². The van der Waals surface area contributed by atoms with Gasteiger partial charge in [-0.15, -0.1) is 0 Å². The summed E-state index contributed by atoms with van der Waals surface area (Å²) in [5.74, 6) is 0.630. The number of nitrogens with one attached hydrogen (secondary N) is 2. The number of hydrogen-bond acceptors (Lipinski definition) is 5. The lowest BCUT2D eigenvalue weighted by Crippen LogP contribution is -2.18. The molecule has 5 aromatic rings. The molecule has 2 aromatic carbocycles. The average Bonchev–Trinajstić information content (AvgIpc) is 3.29. The van der Waals surface area contributed by atoms with Crippen molar-refractivity contribution in [3.8, 4) is 22.1 Å². The molecular weight excluding hydrogens is 376 g/mol. The molecular formula is C20H14N4O3S. The van der Waals surface area contributed by atoms with E-state index in [1.54, 1.807) is 7.11 Å². The first kappa shape index (κ1) is 16.5. The smallest absolute Gasteiger partial charge is 0.286 e. The van der Waals surface area contributed by atoms with E-state index in [0.29, 0.717) is 22.2 Å². The van der Waals surface area contributed by atoms with E-state index in [2.05, 4.69) is 15.1 Å². The quantitative estimate of drug-likeness (QED) is 0.494. The van der Waals surface area contributed by atoms with Crippen molar-refractivity contribution in [1.82, 2.24) is 19.7 Å². The van der Waals surface area contributed by atoms with E-state index < -0.39 is 5.56 Å². The molecule has 5 rings (SSSR count). The average molecular weight is 390 g/mol. The van der Waals surface area contributed by atoms with Gasteiger partial charge in [-0.25, -0.2) is 4.98 Å². The molecule has 0 saturated heterocycles. The summed E-state index contributed by atoms with van der Waals surface area (Å²) in [7, 11) is 1.57. The fraction of sp³-hybridized carbons (Fsp3) is 0.0500. The minimum absolute atomic E-state index is 0.0675. The van der Waals surface area contributed by atoms with Crippen LogP contribution in [0.3, 0.4) is 0 Å². The second kappa shape index (κ2) is 6.21. The normalized spacial score (nSPS) is 11.3.